The highest BCUT2D eigenvalue weighted by molar-refractivity contribution is 6.31. The predicted molar refractivity (Wildman–Crippen MR) is 74.5 cm³/mol. The van der Waals surface area contributed by atoms with Gasteiger partial charge < -0.3 is 16.3 Å². The number of aromatic nitrogens is 2. The molecule has 0 unspecified atom stereocenters. The molecule has 0 amide bonds. The second kappa shape index (κ2) is 5.62. The normalized spacial score (nSPS) is 11.6. The first-order valence-corrected chi connectivity index (χ1v) is 5.98. The average Bonchev–Trinajstić information content (AvgIpc) is 2.82. The average molecular weight is 280 g/mol. The minimum absolute atomic E-state index is 0.0335. The van der Waals surface area contributed by atoms with Gasteiger partial charge >= 0.3 is 0 Å². The van der Waals surface area contributed by atoms with Crippen LogP contribution in [0, 0.1) is 0 Å². The van der Waals surface area contributed by atoms with E-state index >= 15 is 0 Å². The van der Waals surface area contributed by atoms with Crippen LogP contribution in [0.3, 0.4) is 0 Å². The molecule has 0 aliphatic carbocycles. The maximum absolute atomic E-state index is 8.60. The second-order valence-corrected chi connectivity index (χ2v) is 4.43. The molecule has 0 atom stereocenters. The Balaban J connectivity index is 2.09. The summed E-state index contributed by atoms with van der Waals surface area (Å²) in [6.07, 6.45) is 1.85. The van der Waals surface area contributed by atoms with Crippen molar-refractivity contribution in [2.45, 2.75) is 6.54 Å². The minimum atomic E-state index is 0.0335. The summed E-state index contributed by atoms with van der Waals surface area (Å²) in [5.41, 5.74) is 6.98. The number of halogens is 1. The molecule has 0 saturated carbocycles. The largest absolute Gasteiger partial charge is 0.409 e. The molecule has 2 aromatic rings. The lowest BCUT2D eigenvalue weighted by Crippen LogP contribution is -2.13. The van der Waals surface area contributed by atoms with E-state index in [2.05, 4.69) is 15.6 Å². The summed E-state index contributed by atoms with van der Waals surface area (Å²) >= 11 is 6.14. The first-order chi connectivity index (χ1) is 9.10. The number of anilines is 1. The predicted octanol–water partition coefficient (Wildman–Crippen LogP) is 1.78. The Bertz CT molecular complexity index is 608. The van der Waals surface area contributed by atoms with E-state index in [1.165, 1.54) is 0 Å². The minimum Gasteiger partial charge on any atom is -0.409 e. The van der Waals surface area contributed by atoms with Gasteiger partial charge in [0, 0.05) is 36.4 Å². The topological polar surface area (TPSA) is 88.5 Å². The van der Waals surface area contributed by atoms with E-state index in [0.29, 0.717) is 17.1 Å². The molecule has 7 heteroatoms. The number of nitrogens with two attached hydrogens (primary N) is 1. The van der Waals surface area contributed by atoms with Gasteiger partial charge in [0.05, 0.1) is 0 Å². The zero-order valence-corrected chi connectivity index (χ0v) is 11.1. The Morgan fingerprint density at radius 1 is 1.53 bits per heavy atom. The van der Waals surface area contributed by atoms with Gasteiger partial charge in [0.15, 0.2) is 5.84 Å². The van der Waals surface area contributed by atoms with Crippen LogP contribution < -0.4 is 11.1 Å². The molecule has 2 rings (SSSR count). The van der Waals surface area contributed by atoms with E-state index in [1.807, 2.05) is 25.4 Å². The van der Waals surface area contributed by atoms with E-state index in [4.69, 9.17) is 22.5 Å². The second-order valence-electron chi connectivity index (χ2n) is 4.02. The highest BCUT2D eigenvalue weighted by Crippen LogP contribution is 2.19. The van der Waals surface area contributed by atoms with Crippen LogP contribution in [0.4, 0.5) is 5.82 Å². The van der Waals surface area contributed by atoms with Crippen molar-refractivity contribution in [1.29, 1.82) is 0 Å². The number of hydrogen-bond donors (Lipinski definition) is 3. The summed E-state index contributed by atoms with van der Waals surface area (Å²) in [6.45, 7) is 0.548. The van der Waals surface area contributed by atoms with Crippen LogP contribution in [0.5, 0.6) is 0 Å². The molecule has 100 valence electrons. The van der Waals surface area contributed by atoms with E-state index in [1.54, 1.807) is 16.8 Å². The van der Waals surface area contributed by atoms with Gasteiger partial charge in [-0.1, -0.05) is 28.9 Å². The third-order valence-corrected chi connectivity index (χ3v) is 2.98. The van der Waals surface area contributed by atoms with Crippen LogP contribution in [0.1, 0.15) is 11.1 Å². The molecule has 0 saturated heterocycles. The van der Waals surface area contributed by atoms with Crippen molar-refractivity contribution in [3.63, 3.8) is 0 Å². The number of aryl methyl sites for hydroxylation is 1. The molecule has 0 fully saturated rings. The third kappa shape index (κ3) is 3.17. The lowest BCUT2D eigenvalue weighted by molar-refractivity contribution is 0.318. The Morgan fingerprint density at radius 3 is 2.89 bits per heavy atom. The summed E-state index contributed by atoms with van der Waals surface area (Å²) in [7, 11) is 1.85. The fourth-order valence-electron chi connectivity index (χ4n) is 1.60. The summed E-state index contributed by atoms with van der Waals surface area (Å²) in [4.78, 5) is 0. The summed E-state index contributed by atoms with van der Waals surface area (Å²) in [5.74, 6) is 0.810. The lowest BCUT2D eigenvalue weighted by Gasteiger charge is -2.07. The molecule has 0 spiro atoms. The smallest absolute Gasteiger partial charge is 0.170 e. The Labute approximate surface area is 115 Å². The van der Waals surface area contributed by atoms with Crippen LogP contribution >= 0.6 is 11.6 Å². The standard InChI is InChI=1S/C12H14ClN5O/c1-18-5-4-11(16-18)15-7-9-3-2-8(6-10(9)13)12(14)17-19/h2-6,19H,7H2,1H3,(H2,14,17)(H,15,16). The molecule has 6 nitrogen and oxygen atoms in total. The van der Waals surface area contributed by atoms with E-state index in [0.717, 1.165) is 11.4 Å². The molecular weight excluding hydrogens is 266 g/mol. The quantitative estimate of drug-likeness (QED) is 0.344. The van der Waals surface area contributed by atoms with Crippen molar-refractivity contribution in [2.24, 2.45) is 17.9 Å². The Morgan fingerprint density at radius 2 is 2.32 bits per heavy atom. The van der Waals surface area contributed by atoms with Gasteiger partial charge in [0.25, 0.3) is 0 Å². The number of amidine groups is 1. The van der Waals surface area contributed by atoms with Crippen LogP contribution in [-0.2, 0) is 13.6 Å². The molecule has 0 aliphatic heterocycles. The molecule has 4 N–H and O–H groups in total. The van der Waals surface area contributed by atoms with Gasteiger partial charge in [-0.3, -0.25) is 4.68 Å². The van der Waals surface area contributed by atoms with Gasteiger partial charge in [0.2, 0.25) is 0 Å². The van der Waals surface area contributed by atoms with Crippen molar-refractivity contribution >= 4 is 23.3 Å². The summed E-state index contributed by atoms with van der Waals surface area (Å²) in [5, 5.41) is 19.4. The van der Waals surface area contributed by atoms with E-state index < -0.39 is 0 Å². The zero-order valence-electron chi connectivity index (χ0n) is 10.3. The molecule has 19 heavy (non-hydrogen) atoms. The SMILES string of the molecule is Cn1ccc(NCc2ccc(/C(N)=N/O)cc2Cl)n1. The number of nitrogens with zero attached hydrogens (tertiary/aromatic N) is 3. The number of benzene rings is 1. The van der Waals surface area contributed by atoms with Crippen LogP contribution in [0.25, 0.3) is 0 Å². The first-order valence-electron chi connectivity index (χ1n) is 5.60. The van der Waals surface area contributed by atoms with Crippen molar-refractivity contribution in [3.8, 4) is 0 Å². The summed E-state index contributed by atoms with van der Waals surface area (Å²) < 4.78 is 1.71. The lowest BCUT2D eigenvalue weighted by atomic mass is 10.1. The Kier molecular flexibility index (Phi) is 3.91. The maximum atomic E-state index is 8.60. The molecular formula is C12H14ClN5O. The van der Waals surface area contributed by atoms with Crippen molar-refractivity contribution < 1.29 is 5.21 Å². The molecule has 0 bridgehead atoms. The number of rotatable bonds is 4. The first kappa shape index (κ1) is 13.2. The number of nitrogens with one attached hydrogen (secondary N) is 1. The zero-order chi connectivity index (χ0) is 13.8. The molecule has 1 aromatic heterocycles. The van der Waals surface area contributed by atoms with Crippen molar-refractivity contribution in [2.75, 3.05) is 5.32 Å². The van der Waals surface area contributed by atoms with Crippen molar-refractivity contribution in [1.82, 2.24) is 9.78 Å². The van der Waals surface area contributed by atoms with Gasteiger partial charge in [-0.05, 0) is 11.6 Å². The molecule has 1 heterocycles. The highest BCUT2D eigenvalue weighted by Gasteiger charge is 2.05. The van der Waals surface area contributed by atoms with Gasteiger partial charge in [-0.2, -0.15) is 5.10 Å². The van der Waals surface area contributed by atoms with Crippen molar-refractivity contribution in [3.05, 3.63) is 46.6 Å². The maximum Gasteiger partial charge on any atom is 0.170 e. The monoisotopic (exact) mass is 279 g/mol. The fraction of sp³-hybridized carbons (Fsp3) is 0.167. The summed E-state index contributed by atoms with van der Waals surface area (Å²) in [6, 6.07) is 7.10. The third-order valence-electron chi connectivity index (χ3n) is 2.63. The fourth-order valence-corrected chi connectivity index (χ4v) is 1.85. The number of hydrogen-bond acceptors (Lipinski definition) is 4. The number of oxime groups is 1. The van der Waals surface area contributed by atoms with Crippen LogP contribution in [0.2, 0.25) is 5.02 Å². The van der Waals surface area contributed by atoms with E-state index in [9.17, 15) is 0 Å². The van der Waals surface area contributed by atoms with Crippen LogP contribution in [-0.4, -0.2) is 20.8 Å². The molecule has 0 radical (unpaired) electrons. The van der Waals surface area contributed by atoms with Crippen LogP contribution in [0.15, 0.2) is 35.6 Å². The van der Waals surface area contributed by atoms with Gasteiger partial charge in [-0.25, -0.2) is 0 Å². The molecule has 0 aliphatic rings. The van der Waals surface area contributed by atoms with Gasteiger partial charge in [-0.15, -0.1) is 0 Å². The highest BCUT2D eigenvalue weighted by atomic mass is 35.5. The van der Waals surface area contributed by atoms with Gasteiger partial charge in [0.1, 0.15) is 5.82 Å². The van der Waals surface area contributed by atoms with E-state index in [-0.39, 0.29) is 5.84 Å². The molecule has 1 aromatic carbocycles. The Hall–Kier alpha value is -2.21.